The lowest BCUT2D eigenvalue weighted by Gasteiger charge is -2.07. The summed E-state index contributed by atoms with van der Waals surface area (Å²) in [4.78, 5) is 0. The first-order chi connectivity index (χ1) is 5.98. The Morgan fingerprint density at radius 1 is 1.38 bits per heavy atom. The maximum Gasteiger partial charge on any atom is 0.467 e. The summed E-state index contributed by atoms with van der Waals surface area (Å²) in [5, 5.41) is 6.44. The average molecular weight is 195 g/mol. The van der Waals surface area contributed by atoms with Crippen LogP contribution in [0.15, 0.2) is 12.2 Å². The predicted molar refractivity (Wildman–Crippen MR) is 43.8 cm³/mol. The van der Waals surface area contributed by atoms with E-state index in [9.17, 15) is 13.2 Å². The van der Waals surface area contributed by atoms with E-state index in [-0.39, 0.29) is 6.61 Å². The first-order valence-electron chi connectivity index (χ1n) is 3.92. The van der Waals surface area contributed by atoms with Crippen molar-refractivity contribution in [3.8, 4) is 0 Å². The number of hydrogen-bond donors (Lipinski definition) is 1. The van der Waals surface area contributed by atoms with Gasteiger partial charge < -0.3 is 4.74 Å². The fourth-order valence-corrected chi connectivity index (χ4v) is 0.566. The van der Waals surface area contributed by atoms with Gasteiger partial charge in [-0.1, -0.05) is 25.5 Å². The number of hydrogen-bond acceptors (Lipinski definition) is 2. The van der Waals surface area contributed by atoms with Gasteiger partial charge in [0.15, 0.2) is 0 Å². The Kier molecular flexibility index (Phi) is 5.18. The quantitative estimate of drug-likeness (QED) is 0.417. The molecule has 0 fully saturated rings. The third kappa shape index (κ3) is 6.19. The van der Waals surface area contributed by atoms with Crippen molar-refractivity contribution < 1.29 is 17.9 Å². The van der Waals surface area contributed by atoms with Crippen molar-refractivity contribution in [2.24, 2.45) is 0 Å². The van der Waals surface area contributed by atoms with Gasteiger partial charge in [-0.05, 0) is 6.42 Å². The van der Waals surface area contributed by atoms with Crippen molar-refractivity contribution in [1.82, 2.24) is 0 Å². The maximum absolute atomic E-state index is 11.7. The first kappa shape index (κ1) is 12.0. The zero-order valence-electron chi connectivity index (χ0n) is 7.32. The molecule has 0 aromatic rings. The van der Waals surface area contributed by atoms with Gasteiger partial charge in [0.25, 0.3) is 5.90 Å². The second-order valence-corrected chi connectivity index (χ2v) is 2.40. The van der Waals surface area contributed by atoms with Gasteiger partial charge in [0.05, 0.1) is 0 Å². The predicted octanol–water partition coefficient (Wildman–Crippen LogP) is 2.90. The molecular weight excluding hydrogens is 183 g/mol. The SMILES string of the molecule is CCCC=CCOC(=N)C(F)(F)F. The summed E-state index contributed by atoms with van der Waals surface area (Å²) < 4.78 is 39.1. The number of allylic oxidation sites excluding steroid dienone is 1. The molecule has 1 N–H and O–H groups in total. The highest BCUT2D eigenvalue weighted by Gasteiger charge is 2.36. The van der Waals surface area contributed by atoms with Crippen LogP contribution in [0.5, 0.6) is 0 Å². The Bertz CT molecular complexity index is 186. The second kappa shape index (κ2) is 5.61. The van der Waals surface area contributed by atoms with Crippen LogP contribution in [0.2, 0.25) is 0 Å². The Balaban J connectivity index is 3.60. The van der Waals surface area contributed by atoms with E-state index in [1.807, 2.05) is 6.92 Å². The summed E-state index contributed by atoms with van der Waals surface area (Å²) in [6.07, 6.45) is 0.280. The van der Waals surface area contributed by atoms with Crippen molar-refractivity contribution in [2.45, 2.75) is 25.9 Å². The molecule has 0 unspecified atom stereocenters. The summed E-state index contributed by atoms with van der Waals surface area (Å²) >= 11 is 0. The molecule has 0 aliphatic rings. The highest BCUT2D eigenvalue weighted by Crippen LogP contribution is 2.16. The van der Waals surface area contributed by atoms with Crippen LogP contribution in [-0.4, -0.2) is 18.7 Å². The fraction of sp³-hybridized carbons (Fsp3) is 0.625. The lowest BCUT2D eigenvalue weighted by Crippen LogP contribution is -2.24. The van der Waals surface area contributed by atoms with Crippen LogP contribution in [0, 0.1) is 5.41 Å². The Morgan fingerprint density at radius 2 is 2.00 bits per heavy atom. The molecule has 0 amide bonds. The fourth-order valence-electron chi connectivity index (χ4n) is 0.566. The van der Waals surface area contributed by atoms with Gasteiger partial charge in [-0.3, -0.25) is 5.41 Å². The highest BCUT2D eigenvalue weighted by molar-refractivity contribution is 5.78. The monoisotopic (exact) mass is 195 g/mol. The molecule has 0 rings (SSSR count). The number of halogens is 3. The molecule has 5 heteroatoms. The largest absolute Gasteiger partial charge is 0.470 e. The number of ether oxygens (including phenoxy) is 1. The average Bonchev–Trinajstić information content (AvgIpc) is 2.02. The second-order valence-electron chi connectivity index (χ2n) is 2.40. The molecule has 0 atom stereocenters. The van der Waals surface area contributed by atoms with Gasteiger partial charge in [-0.2, -0.15) is 13.2 Å². The summed E-state index contributed by atoms with van der Waals surface area (Å²) in [5.41, 5.74) is 0. The van der Waals surface area contributed by atoms with Crippen LogP contribution >= 0.6 is 0 Å². The Hall–Kier alpha value is -1.00. The molecule has 0 spiro atoms. The number of alkyl halides is 3. The molecule has 76 valence electrons. The van der Waals surface area contributed by atoms with Gasteiger partial charge in [0.2, 0.25) is 0 Å². The van der Waals surface area contributed by atoms with Gasteiger partial charge in [-0.15, -0.1) is 0 Å². The minimum absolute atomic E-state index is 0.196. The first-order valence-corrected chi connectivity index (χ1v) is 3.92. The van der Waals surface area contributed by atoms with Crippen LogP contribution in [0.4, 0.5) is 13.2 Å². The van der Waals surface area contributed by atoms with Crippen LogP contribution in [0.25, 0.3) is 0 Å². The van der Waals surface area contributed by atoms with E-state index in [4.69, 9.17) is 5.41 Å². The van der Waals surface area contributed by atoms with Crippen molar-refractivity contribution in [2.75, 3.05) is 6.61 Å². The topological polar surface area (TPSA) is 33.1 Å². The normalized spacial score (nSPS) is 12.0. The molecule has 0 saturated carbocycles. The maximum atomic E-state index is 11.7. The molecule has 0 heterocycles. The standard InChI is InChI=1S/C8H12F3NO/c1-2-3-4-5-6-13-7(12)8(9,10)11/h4-5,12H,2-3,6H2,1H3. The minimum atomic E-state index is -4.67. The van der Waals surface area contributed by atoms with Gasteiger partial charge in [0.1, 0.15) is 6.61 Å². The zero-order valence-corrected chi connectivity index (χ0v) is 7.32. The van der Waals surface area contributed by atoms with E-state index in [0.29, 0.717) is 0 Å². The Morgan fingerprint density at radius 3 is 2.46 bits per heavy atom. The molecule has 2 nitrogen and oxygen atoms in total. The molecule has 0 radical (unpaired) electrons. The molecule has 0 bridgehead atoms. The van der Waals surface area contributed by atoms with Crippen LogP contribution in [-0.2, 0) is 4.74 Å². The number of rotatable bonds is 4. The number of nitrogens with one attached hydrogen (secondary N) is 1. The van der Waals surface area contributed by atoms with Gasteiger partial charge >= 0.3 is 6.18 Å². The molecule has 0 aliphatic carbocycles. The molecule has 0 aromatic carbocycles. The lowest BCUT2D eigenvalue weighted by molar-refractivity contribution is -0.0781. The van der Waals surface area contributed by atoms with E-state index < -0.39 is 12.1 Å². The van der Waals surface area contributed by atoms with Crippen LogP contribution in [0.1, 0.15) is 19.8 Å². The lowest BCUT2D eigenvalue weighted by atomic mass is 10.3. The smallest absolute Gasteiger partial charge is 0.467 e. The van der Waals surface area contributed by atoms with Crippen molar-refractivity contribution in [3.63, 3.8) is 0 Å². The summed E-state index contributed by atoms with van der Waals surface area (Å²) in [7, 11) is 0. The van der Waals surface area contributed by atoms with Gasteiger partial charge in [0, 0.05) is 0 Å². The molecule has 0 saturated heterocycles. The molecule has 0 aromatic heterocycles. The molecular formula is C8H12F3NO. The summed E-state index contributed by atoms with van der Waals surface area (Å²) in [6.45, 7) is 1.77. The van der Waals surface area contributed by atoms with Crippen LogP contribution in [0.3, 0.4) is 0 Å². The highest BCUT2D eigenvalue weighted by atomic mass is 19.4. The van der Waals surface area contributed by atoms with E-state index in [1.54, 1.807) is 6.08 Å². The van der Waals surface area contributed by atoms with E-state index in [0.717, 1.165) is 12.8 Å². The van der Waals surface area contributed by atoms with Crippen molar-refractivity contribution >= 4 is 5.90 Å². The summed E-state index contributed by atoms with van der Waals surface area (Å²) in [5.74, 6) is -1.64. The zero-order chi connectivity index (χ0) is 10.3. The van der Waals surface area contributed by atoms with Crippen molar-refractivity contribution in [3.05, 3.63) is 12.2 Å². The minimum Gasteiger partial charge on any atom is -0.470 e. The van der Waals surface area contributed by atoms with E-state index >= 15 is 0 Å². The molecule has 0 aliphatic heterocycles. The third-order valence-electron chi connectivity index (χ3n) is 1.20. The third-order valence-corrected chi connectivity index (χ3v) is 1.20. The van der Waals surface area contributed by atoms with Crippen LogP contribution < -0.4 is 0 Å². The Labute approximate surface area is 74.9 Å². The summed E-state index contributed by atoms with van der Waals surface area (Å²) in [6, 6.07) is 0. The number of unbranched alkanes of at least 4 members (excludes halogenated alkanes) is 1. The van der Waals surface area contributed by atoms with Crippen molar-refractivity contribution in [1.29, 1.82) is 5.41 Å². The van der Waals surface area contributed by atoms with E-state index in [1.165, 1.54) is 6.08 Å². The molecule has 13 heavy (non-hydrogen) atoms. The van der Waals surface area contributed by atoms with E-state index in [2.05, 4.69) is 4.74 Å². The van der Waals surface area contributed by atoms with Gasteiger partial charge in [-0.25, -0.2) is 0 Å².